The highest BCUT2D eigenvalue weighted by atomic mass is 16.5. The Morgan fingerprint density at radius 1 is 1.12 bits per heavy atom. The number of hydrogen-bond donors (Lipinski definition) is 1. The van der Waals surface area contributed by atoms with Crippen molar-refractivity contribution in [3.8, 4) is 5.75 Å². The van der Waals surface area contributed by atoms with E-state index in [1.165, 1.54) is 0 Å². The minimum Gasteiger partial charge on any atom is -0.486 e. The van der Waals surface area contributed by atoms with Gasteiger partial charge in [0.2, 0.25) is 0 Å². The summed E-state index contributed by atoms with van der Waals surface area (Å²) in [5.74, 6) is 1.19. The zero-order chi connectivity index (χ0) is 18.4. The van der Waals surface area contributed by atoms with Crippen LogP contribution in [0.25, 0.3) is 0 Å². The fourth-order valence-corrected chi connectivity index (χ4v) is 2.44. The molecule has 7 heteroatoms. The number of nitrogens with zero attached hydrogens (tertiary/aromatic N) is 4. The van der Waals surface area contributed by atoms with Crippen molar-refractivity contribution in [1.29, 1.82) is 0 Å². The first-order valence-electron chi connectivity index (χ1n) is 8.45. The van der Waals surface area contributed by atoms with Gasteiger partial charge in [0.05, 0.1) is 6.04 Å². The molecule has 3 aromatic rings. The van der Waals surface area contributed by atoms with Crippen LogP contribution in [0.15, 0.2) is 54.6 Å². The summed E-state index contributed by atoms with van der Waals surface area (Å²) in [5, 5.41) is 14.5. The summed E-state index contributed by atoms with van der Waals surface area (Å²) in [6, 6.07) is 17.0. The van der Waals surface area contributed by atoms with Gasteiger partial charge in [-0.1, -0.05) is 30.3 Å². The number of benzene rings is 2. The lowest BCUT2D eigenvalue weighted by molar-refractivity contribution is 0.0951. The van der Waals surface area contributed by atoms with Crippen LogP contribution in [-0.4, -0.2) is 26.1 Å². The van der Waals surface area contributed by atoms with Crippen LogP contribution in [0.1, 0.15) is 41.6 Å². The average molecular weight is 351 g/mol. The van der Waals surface area contributed by atoms with Crippen LogP contribution in [-0.2, 0) is 13.2 Å². The average Bonchev–Trinajstić information content (AvgIpc) is 3.15. The second-order valence-corrected chi connectivity index (χ2v) is 6.11. The van der Waals surface area contributed by atoms with Crippen LogP contribution < -0.4 is 10.1 Å². The van der Waals surface area contributed by atoms with Gasteiger partial charge in [-0.25, -0.2) is 4.68 Å². The quantitative estimate of drug-likeness (QED) is 0.708. The maximum atomic E-state index is 12.2. The Morgan fingerprint density at radius 3 is 2.54 bits per heavy atom. The Hall–Kier alpha value is -3.22. The fraction of sp³-hybridized carbons (Fsp3) is 0.263. The van der Waals surface area contributed by atoms with Crippen LogP contribution in [0.4, 0.5) is 0 Å². The van der Waals surface area contributed by atoms with Gasteiger partial charge in [-0.15, -0.1) is 5.10 Å². The van der Waals surface area contributed by atoms with E-state index < -0.39 is 0 Å². The summed E-state index contributed by atoms with van der Waals surface area (Å²) >= 11 is 0. The molecule has 0 aliphatic carbocycles. The van der Waals surface area contributed by atoms with Gasteiger partial charge in [0.1, 0.15) is 12.4 Å². The van der Waals surface area contributed by atoms with Crippen LogP contribution in [0.2, 0.25) is 0 Å². The summed E-state index contributed by atoms with van der Waals surface area (Å²) in [6.07, 6.45) is 0. The Labute approximate surface area is 152 Å². The van der Waals surface area contributed by atoms with E-state index in [0.29, 0.717) is 23.7 Å². The highest BCUT2D eigenvalue weighted by molar-refractivity contribution is 5.94. The maximum Gasteiger partial charge on any atom is 0.251 e. The standard InChI is InChI=1S/C19H21N5O2/c1-14(2)24-18(21-22-23-24)13-26-17-10-8-16(9-11-17)19(25)20-12-15-6-4-3-5-7-15/h3-11,14H,12-13H2,1-2H3,(H,20,25). The first kappa shape index (κ1) is 17.6. The summed E-state index contributed by atoms with van der Waals surface area (Å²) in [6.45, 7) is 4.77. The van der Waals surface area contributed by atoms with E-state index in [-0.39, 0.29) is 18.6 Å². The molecule has 3 rings (SSSR count). The zero-order valence-electron chi connectivity index (χ0n) is 14.8. The second kappa shape index (κ2) is 8.24. The highest BCUT2D eigenvalue weighted by Crippen LogP contribution is 2.14. The van der Waals surface area contributed by atoms with Gasteiger partial charge in [-0.3, -0.25) is 4.79 Å². The van der Waals surface area contributed by atoms with Crippen molar-refractivity contribution >= 4 is 5.91 Å². The molecule has 0 atom stereocenters. The van der Waals surface area contributed by atoms with Crippen molar-refractivity contribution in [3.05, 3.63) is 71.5 Å². The molecular formula is C19H21N5O2. The summed E-state index contributed by atoms with van der Waals surface area (Å²) in [7, 11) is 0. The topological polar surface area (TPSA) is 81.9 Å². The summed E-state index contributed by atoms with van der Waals surface area (Å²) in [5.41, 5.74) is 1.64. The van der Waals surface area contributed by atoms with E-state index in [1.54, 1.807) is 28.9 Å². The van der Waals surface area contributed by atoms with Crippen molar-refractivity contribution in [2.75, 3.05) is 0 Å². The molecule has 0 bridgehead atoms. The van der Waals surface area contributed by atoms with E-state index >= 15 is 0 Å². The molecule has 0 fully saturated rings. The first-order valence-corrected chi connectivity index (χ1v) is 8.45. The van der Waals surface area contributed by atoms with Gasteiger partial charge in [-0.05, 0) is 54.1 Å². The van der Waals surface area contributed by atoms with Crippen LogP contribution in [0.3, 0.4) is 0 Å². The summed E-state index contributed by atoms with van der Waals surface area (Å²) in [4.78, 5) is 12.2. The smallest absolute Gasteiger partial charge is 0.251 e. The molecule has 1 aromatic heterocycles. The molecule has 0 saturated heterocycles. The third-order valence-corrected chi connectivity index (χ3v) is 3.83. The molecule has 134 valence electrons. The van der Waals surface area contributed by atoms with E-state index in [1.807, 2.05) is 44.2 Å². The van der Waals surface area contributed by atoms with Gasteiger partial charge in [0.15, 0.2) is 5.82 Å². The van der Waals surface area contributed by atoms with Gasteiger partial charge in [0.25, 0.3) is 5.91 Å². The summed E-state index contributed by atoms with van der Waals surface area (Å²) < 4.78 is 7.42. The molecule has 1 heterocycles. The largest absolute Gasteiger partial charge is 0.486 e. The van der Waals surface area contributed by atoms with E-state index in [0.717, 1.165) is 5.56 Å². The minimum absolute atomic E-state index is 0.121. The lowest BCUT2D eigenvalue weighted by Gasteiger charge is -2.10. The van der Waals surface area contributed by atoms with E-state index in [9.17, 15) is 4.79 Å². The SMILES string of the molecule is CC(C)n1nnnc1COc1ccc(C(=O)NCc2ccccc2)cc1. The number of hydrogen-bond acceptors (Lipinski definition) is 5. The second-order valence-electron chi connectivity index (χ2n) is 6.11. The molecule has 1 amide bonds. The van der Waals surface area contributed by atoms with Crippen molar-refractivity contribution < 1.29 is 9.53 Å². The monoisotopic (exact) mass is 351 g/mol. The van der Waals surface area contributed by atoms with E-state index in [2.05, 4.69) is 20.8 Å². The van der Waals surface area contributed by atoms with Gasteiger partial charge < -0.3 is 10.1 Å². The molecule has 0 aliphatic heterocycles. The lowest BCUT2D eigenvalue weighted by atomic mass is 10.2. The van der Waals surface area contributed by atoms with Crippen molar-refractivity contribution in [3.63, 3.8) is 0 Å². The molecule has 0 unspecified atom stereocenters. The van der Waals surface area contributed by atoms with Gasteiger partial charge in [0, 0.05) is 12.1 Å². The highest BCUT2D eigenvalue weighted by Gasteiger charge is 2.10. The van der Waals surface area contributed by atoms with Crippen LogP contribution >= 0.6 is 0 Å². The number of amides is 1. The third-order valence-electron chi connectivity index (χ3n) is 3.83. The van der Waals surface area contributed by atoms with Gasteiger partial charge in [-0.2, -0.15) is 0 Å². The molecule has 1 N–H and O–H groups in total. The number of tetrazole rings is 1. The molecule has 0 saturated carbocycles. The van der Waals surface area contributed by atoms with E-state index in [4.69, 9.17) is 4.74 Å². The number of nitrogens with one attached hydrogen (secondary N) is 1. The molecule has 7 nitrogen and oxygen atoms in total. The molecule has 2 aromatic carbocycles. The van der Waals surface area contributed by atoms with Crippen LogP contribution in [0.5, 0.6) is 5.75 Å². The molecule has 0 spiro atoms. The Bertz CT molecular complexity index is 844. The normalized spacial score (nSPS) is 10.7. The lowest BCUT2D eigenvalue weighted by Crippen LogP contribution is -2.22. The maximum absolute atomic E-state index is 12.2. The molecule has 0 aliphatic rings. The molecule has 0 radical (unpaired) electrons. The minimum atomic E-state index is -0.121. The Kier molecular flexibility index (Phi) is 5.58. The third kappa shape index (κ3) is 4.44. The number of rotatable bonds is 7. The number of carbonyl (C=O) groups is 1. The van der Waals surface area contributed by atoms with Crippen molar-refractivity contribution in [2.45, 2.75) is 33.0 Å². The zero-order valence-corrected chi connectivity index (χ0v) is 14.8. The number of aromatic nitrogens is 4. The van der Waals surface area contributed by atoms with Gasteiger partial charge >= 0.3 is 0 Å². The molecular weight excluding hydrogens is 330 g/mol. The first-order chi connectivity index (χ1) is 12.6. The fourth-order valence-electron chi connectivity index (χ4n) is 2.44. The van der Waals surface area contributed by atoms with Crippen molar-refractivity contribution in [2.24, 2.45) is 0 Å². The predicted molar refractivity (Wildman–Crippen MR) is 96.6 cm³/mol. The Morgan fingerprint density at radius 2 is 1.85 bits per heavy atom. The predicted octanol–water partition coefficient (Wildman–Crippen LogP) is 2.76. The van der Waals surface area contributed by atoms with Crippen molar-refractivity contribution in [1.82, 2.24) is 25.5 Å². The molecule has 26 heavy (non-hydrogen) atoms. The number of carbonyl (C=O) groups excluding carboxylic acids is 1. The number of ether oxygens (including phenoxy) is 1. The van der Waals surface area contributed by atoms with Crippen LogP contribution in [0, 0.1) is 0 Å². The Balaban J connectivity index is 1.54.